The van der Waals surface area contributed by atoms with Crippen molar-refractivity contribution >= 4 is 5.91 Å². The summed E-state index contributed by atoms with van der Waals surface area (Å²) < 4.78 is 0. The van der Waals surface area contributed by atoms with Crippen LogP contribution in [0.25, 0.3) is 0 Å². The molecule has 0 heterocycles. The lowest BCUT2D eigenvalue weighted by Gasteiger charge is -2.20. The Hall–Kier alpha value is -1.35. The molecule has 3 heteroatoms. The summed E-state index contributed by atoms with van der Waals surface area (Å²) in [6, 6.07) is 4.33. The van der Waals surface area contributed by atoms with E-state index in [1.165, 1.54) is 22.3 Å². The predicted octanol–water partition coefficient (Wildman–Crippen LogP) is 2.31. The third kappa shape index (κ3) is 3.84. The first kappa shape index (κ1) is 14.7. The van der Waals surface area contributed by atoms with E-state index >= 15 is 0 Å². The number of hydrogen-bond donors (Lipinski definition) is 1. The number of nitrogens with two attached hydrogens (primary N) is 1. The Labute approximate surface area is 110 Å². The van der Waals surface area contributed by atoms with Gasteiger partial charge in [0.05, 0.1) is 0 Å². The molecule has 0 atom stereocenters. The third-order valence-electron chi connectivity index (χ3n) is 3.26. The van der Waals surface area contributed by atoms with Crippen molar-refractivity contribution in [2.75, 3.05) is 13.6 Å². The van der Waals surface area contributed by atoms with Gasteiger partial charge in [-0.15, -0.1) is 0 Å². The summed E-state index contributed by atoms with van der Waals surface area (Å²) in [5.74, 6) is 0.167. The van der Waals surface area contributed by atoms with Crippen LogP contribution in [0.5, 0.6) is 0 Å². The van der Waals surface area contributed by atoms with Gasteiger partial charge in [-0.05, 0) is 50.4 Å². The molecule has 0 radical (unpaired) electrons. The van der Waals surface area contributed by atoms with E-state index in [4.69, 9.17) is 5.73 Å². The second-order valence-electron chi connectivity index (χ2n) is 5.02. The highest BCUT2D eigenvalue weighted by atomic mass is 16.2. The normalized spacial score (nSPS) is 10.5. The molecule has 0 saturated carbocycles. The molecule has 1 aromatic rings. The molecule has 0 spiro atoms. The zero-order chi connectivity index (χ0) is 13.7. The van der Waals surface area contributed by atoms with Gasteiger partial charge in [-0.2, -0.15) is 0 Å². The van der Waals surface area contributed by atoms with Gasteiger partial charge in [-0.3, -0.25) is 4.79 Å². The first-order valence-corrected chi connectivity index (χ1v) is 6.46. The second-order valence-corrected chi connectivity index (χ2v) is 5.02. The number of carbonyl (C=O) groups is 1. The summed E-state index contributed by atoms with van der Waals surface area (Å²) in [6.07, 6.45) is 1.30. The molecule has 0 aromatic heterocycles. The molecule has 3 nitrogen and oxygen atoms in total. The monoisotopic (exact) mass is 248 g/mol. The number of rotatable bonds is 5. The van der Waals surface area contributed by atoms with Crippen molar-refractivity contribution in [3.8, 4) is 0 Å². The Bertz CT molecular complexity index is 403. The summed E-state index contributed by atoms with van der Waals surface area (Å²) in [5.41, 5.74) is 10.5. The maximum Gasteiger partial charge on any atom is 0.222 e. The molecule has 1 aromatic carbocycles. The summed E-state index contributed by atoms with van der Waals surface area (Å²) >= 11 is 0. The quantitative estimate of drug-likeness (QED) is 0.869. The molecular formula is C15H24N2O. The van der Waals surface area contributed by atoms with Crippen LogP contribution in [-0.2, 0) is 11.3 Å². The van der Waals surface area contributed by atoms with E-state index < -0.39 is 0 Å². The molecule has 0 aliphatic carbocycles. The fraction of sp³-hybridized carbons (Fsp3) is 0.533. The van der Waals surface area contributed by atoms with E-state index in [-0.39, 0.29) is 5.91 Å². The molecule has 0 fully saturated rings. The SMILES string of the molecule is Cc1cc(C)c(CN(C)C(=O)CCCN)c(C)c1. The van der Waals surface area contributed by atoms with E-state index in [0.29, 0.717) is 19.5 Å². The van der Waals surface area contributed by atoms with Crippen molar-refractivity contribution in [1.82, 2.24) is 4.90 Å². The molecule has 0 bridgehead atoms. The Morgan fingerprint density at radius 3 is 2.28 bits per heavy atom. The van der Waals surface area contributed by atoms with E-state index in [1.807, 2.05) is 7.05 Å². The van der Waals surface area contributed by atoms with Gasteiger partial charge in [0.15, 0.2) is 0 Å². The molecule has 1 rings (SSSR count). The molecule has 0 saturated heterocycles. The van der Waals surface area contributed by atoms with Crippen molar-refractivity contribution < 1.29 is 4.79 Å². The number of carbonyl (C=O) groups excluding carboxylic acids is 1. The fourth-order valence-electron chi connectivity index (χ4n) is 2.23. The number of amides is 1. The van der Waals surface area contributed by atoms with Gasteiger partial charge in [-0.1, -0.05) is 17.7 Å². The lowest BCUT2D eigenvalue weighted by molar-refractivity contribution is -0.130. The maximum atomic E-state index is 11.9. The van der Waals surface area contributed by atoms with Gasteiger partial charge >= 0.3 is 0 Å². The van der Waals surface area contributed by atoms with E-state index in [1.54, 1.807) is 4.90 Å². The molecule has 0 aliphatic heterocycles. The van der Waals surface area contributed by atoms with Crippen LogP contribution < -0.4 is 5.73 Å². The second kappa shape index (κ2) is 6.55. The molecule has 18 heavy (non-hydrogen) atoms. The highest BCUT2D eigenvalue weighted by Gasteiger charge is 2.11. The maximum absolute atomic E-state index is 11.9. The van der Waals surface area contributed by atoms with Gasteiger partial charge in [0.25, 0.3) is 0 Å². The van der Waals surface area contributed by atoms with Gasteiger partial charge in [0.2, 0.25) is 5.91 Å². The molecule has 100 valence electrons. The average molecular weight is 248 g/mol. The van der Waals surface area contributed by atoms with E-state index in [2.05, 4.69) is 32.9 Å². The Morgan fingerprint density at radius 2 is 1.78 bits per heavy atom. The van der Waals surface area contributed by atoms with Crippen LogP contribution in [-0.4, -0.2) is 24.4 Å². The number of nitrogens with zero attached hydrogens (tertiary/aromatic N) is 1. The van der Waals surface area contributed by atoms with Crippen LogP contribution in [0.1, 0.15) is 35.1 Å². The Kier molecular flexibility index (Phi) is 5.35. The number of hydrogen-bond acceptors (Lipinski definition) is 2. The van der Waals surface area contributed by atoms with Crippen molar-refractivity contribution in [1.29, 1.82) is 0 Å². The Morgan fingerprint density at radius 1 is 1.22 bits per heavy atom. The van der Waals surface area contributed by atoms with Crippen molar-refractivity contribution in [3.63, 3.8) is 0 Å². The lowest BCUT2D eigenvalue weighted by atomic mass is 9.99. The number of benzene rings is 1. The number of aryl methyl sites for hydroxylation is 3. The lowest BCUT2D eigenvalue weighted by Crippen LogP contribution is -2.27. The summed E-state index contributed by atoms with van der Waals surface area (Å²) in [6.45, 7) is 7.56. The van der Waals surface area contributed by atoms with Crippen LogP contribution in [0.2, 0.25) is 0 Å². The third-order valence-corrected chi connectivity index (χ3v) is 3.26. The van der Waals surface area contributed by atoms with Crippen molar-refractivity contribution in [2.24, 2.45) is 5.73 Å². The van der Waals surface area contributed by atoms with Gasteiger partial charge in [0, 0.05) is 20.0 Å². The highest BCUT2D eigenvalue weighted by Crippen LogP contribution is 2.18. The standard InChI is InChI=1S/C15H24N2O/c1-11-8-12(2)14(13(3)9-11)10-17(4)15(18)6-5-7-16/h8-9H,5-7,10,16H2,1-4H3. The molecule has 0 aliphatic rings. The smallest absolute Gasteiger partial charge is 0.222 e. The van der Waals surface area contributed by atoms with Gasteiger partial charge in [0.1, 0.15) is 0 Å². The minimum absolute atomic E-state index is 0.167. The largest absolute Gasteiger partial charge is 0.341 e. The van der Waals surface area contributed by atoms with Gasteiger partial charge in [-0.25, -0.2) is 0 Å². The Balaban J connectivity index is 2.75. The van der Waals surface area contributed by atoms with Crippen LogP contribution in [0.4, 0.5) is 0 Å². The molecule has 1 amide bonds. The van der Waals surface area contributed by atoms with Gasteiger partial charge < -0.3 is 10.6 Å². The zero-order valence-electron chi connectivity index (χ0n) is 11.9. The van der Waals surface area contributed by atoms with Crippen LogP contribution >= 0.6 is 0 Å². The zero-order valence-corrected chi connectivity index (χ0v) is 11.9. The fourth-order valence-corrected chi connectivity index (χ4v) is 2.23. The van der Waals surface area contributed by atoms with Crippen LogP contribution in [0.15, 0.2) is 12.1 Å². The summed E-state index contributed by atoms with van der Waals surface area (Å²) in [5, 5.41) is 0. The minimum atomic E-state index is 0.167. The average Bonchev–Trinajstić information content (AvgIpc) is 2.30. The molecular weight excluding hydrogens is 224 g/mol. The van der Waals surface area contributed by atoms with Crippen molar-refractivity contribution in [3.05, 3.63) is 34.4 Å². The first-order chi connectivity index (χ1) is 8.45. The minimum Gasteiger partial charge on any atom is -0.341 e. The summed E-state index contributed by atoms with van der Waals surface area (Å²) in [4.78, 5) is 13.7. The van der Waals surface area contributed by atoms with E-state index in [0.717, 1.165) is 6.42 Å². The van der Waals surface area contributed by atoms with Crippen LogP contribution in [0.3, 0.4) is 0 Å². The first-order valence-electron chi connectivity index (χ1n) is 6.46. The van der Waals surface area contributed by atoms with E-state index in [9.17, 15) is 4.79 Å². The van der Waals surface area contributed by atoms with Crippen LogP contribution in [0, 0.1) is 20.8 Å². The molecule has 0 unspecified atom stereocenters. The topological polar surface area (TPSA) is 46.3 Å². The highest BCUT2D eigenvalue weighted by molar-refractivity contribution is 5.75. The van der Waals surface area contributed by atoms with Crippen molar-refractivity contribution in [2.45, 2.75) is 40.2 Å². The molecule has 2 N–H and O–H groups in total. The predicted molar refractivity (Wildman–Crippen MR) is 75.4 cm³/mol. The summed E-state index contributed by atoms with van der Waals surface area (Å²) in [7, 11) is 1.86.